The Bertz CT molecular complexity index is 311. The molecule has 0 bridgehead atoms. The van der Waals surface area contributed by atoms with Gasteiger partial charge in [-0.3, -0.25) is 0 Å². The molecule has 0 aliphatic heterocycles. The van der Waals surface area contributed by atoms with Crippen molar-refractivity contribution < 1.29 is 9.90 Å². The van der Waals surface area contributed by atoms with Gasteiger partial charge in [0.2, 0.25) is 0 Å². The standard InChI is InChI=1S/C13H19NO2/c1-2-3-5-10-12(14-13(15)16)11-8-6-4-7-9-11/h4,6-9,12,14H,2-3,5,10H2,1H3,(H,15,16). The summed E-state index contributed by atoms with van der Waals surface area (Å²) in [6, 6.07) is 9.66. The Kier molecular flexibility index (Phi) is 5.40. The molecule has 1 atom stereocenters. The maximum Gasteiger partial charge on any atom is 0.405 e. The number of hydrogen-bond acceptors (Lipinski definition) is 1. The third-order valence-electron chi connectivity index (χ3n) is 2.60. The van der Waals surface area contributed by atoms with Crippen LogP contribution >= 0.6 is 0 Å². The molecule has 0 saturated carbocycles. The molecule has 0 heterocycles. The van der Waals surface area contributed by atoms with E-state index in [0.717, 1.165) is 31.2 Å². The van der Waals surface area contributed by atoms with Gasteiger partial charge in [0.05, 0.1) is 6.04 Å². The van der Waals surface area contributed by atoms with Crippen LogP contribution in [0.25, 0.3) is 0 Å². The highest BCUT2D eigenvalue weighted by atomic mass is 16.4. The Morgan fingerprint density at radius 3 is 2.56 bits per heavy atom. The molecule has 0 fully saturated rings. The summed E-state index contributed by atoms with van der Waals surface area (Å²) in [4.78, 5) is 10.7. The molecule has 1 aromatic rings. The fraction of sp³-hybridized carbons (Fsp3) is 0.462. The zero-order chi connectivity index (χ0) is 11.8. The van der Waals surface area contributed by atoms with Gasteiger partial charge in [0.25, 0.3) is 0 Å². The third kappa shape index (κ3) is 4.34. The molecule has 2 N–H and O–H groups in total. The van der Waals surface area contributed by atoms with Crippen molar-refractivity contribution in [3.8, 4) is 0 Å². The first-order chi connectivity index (χ1) is 7.74. The zero-order valence-corrected chi connectivity index (χ0v) is 9.65. The number of carbonyl (C=O) groups is 1. The van der Waals surface area contributed by atoms with Crippen molar-refractivity contribution >= 4 is 6.09 Å². The lowest BCUT2D eigenvalue weighted by atomic mass is 10.0. The van der Waals surface area contributed by atoms with Crippen molar-refractivity contribution in [2.75, 3.05) is 0 Å². The minimum absolute atomic E-state index is 0.0785. The van der Waals surface area contributed by atoms with Gasteiger partial charge in [-0.25, -0.2) is 4.79 Å². The van der Waals surface area contributed by atoms with Crippen LogP contribution in [0.4, 0.5) is 4.79 Å². The summed E-state index contributed by atoms with van der Waals surface area (Å²) in [5.41, 5.74) is 1.04. The van der Waals surface area contributed by atoms with Crippen LogP contribution in [-0.4, -0.2) is 11.2 Å². The van der Waals surface area contributed by atoms with Crippen LogP contribution in [0.1, 0.15) is 44.2 Å². The second-order valence-corrected chi connectivity index (χ2v) is 3.91. The van der Waals surface area contributed by atoms with Crippen molar-refractivity contribution in [2.24, 2.45) is 0 Å². The Hall–Kier alpha value is -1.51. The maximum absolute atomic E-state index is 10.7. The van der Waals surface area contributed by atoms with Crippen molar-refractivity contribution in [3.05, 3.63) is 35.9 Å². The molecule has 16 heavy (non-hydrogen) atoms. The molecule has 0 aromatic heterocycles. The summed E-state index contributed by atoms with van der Waals surface area (Å²) in [5, 5.41) is 11.4. The van der Waals surface area contributed by atoms with Crippen molar-refractivity contribution in [3.63, 3.8) is 0 Å². The van der Waals surface area contributed by atoms with E-state index in [9.17, 15) is 4.79 Å². The Labute approximate surface area is 96.5 Å². The highest BCUT2D eigenvalue weighted by Crippen LogP contribution is 2.19. The molecule has 88 valence electrons. The van der Waals surface area contributed by atoms with Gasteiger partial charge in [0.1, 0.15) is 0 Å². The van der Waals surface area contributed by atoms with E-state index in [-0.39, 0.29) is 6.04 Å². The minimum atomic E-state index is -0.953. The molecular formula is C13H19NO2. The number of amides is 1. The smallest absolute Gasteiger partial charge is 0.405 e. The fourth-order valence-electron chi connectivity index (χ4n) is 1.76. The number of rotatable bonds is 6. The normalized spacial score (nSPS) is 12.1. The van der Waals surface area contributed by atoms with Gasteiger partial charge in [-0.2, -0.15) is 0 Å². The van der Waals surface area contributed by atoms with E-state index in [2.05, 4.69) is 12.2 Å². The molecule has 0 aliphatic rings. The predicted octanol–water partition coefficient (Wildman–Crippen LogP) is 3.58. The van der Waals surface area contributed by atoms with Crippen LogP contribution in [0.5, 0.6) is 0 Å². The molecule has 1 rings (SSSR count). The molecule has 1 aromatic carbocycles. The van der Waals surface area contributed by atoms with Gasteiger partial charge in [0, 0.05) is 0 Å². The lowest BCUT2D eigenvalue weighted by molar-refractivity contribution is 0.189. The molecule has 1 unspecified atom stereocenters. The third-order valence-corrected chi connectivity index (χ3v) is 2.60. The van der Waals surface area contributed by atoms with Crippen LogP contribution in [0.15, 0.2) is 30.3 Å². The molecule has 3 nitrogen and oxygen atoms in total. The summed E-state index contributed by atoms with van der Waals surface area (Å²) in [6.07, 6.45) is 3.25. The van der Waals surface area contributed by atoms with Crippen molar-refractivity contribution in [1.29, 1.82) is 0 Å². The van der Waals surface area contributed by atoms with Crippen LogP contribution in [-0.2, 0) is 0 Å². The van der Waals surface area contributed by atoms with E-state index in [1.54, 1.807) is 0 Å². The summed E-state index contributed by atoms with van der Waals surface area (Å²) in [5.74, 6) is 0. The predicted molar refractivity (Wildman–Crippen MR) is 64.5 cm³/mol. The highest BCUT2D eigenvalue weighted by Gasteiger charge is 2.12. The monoisotopic (exact) mass is 221 g/mol. The van der Waals surface area contributed by atoms with Crippen LogP contribution < -0.4 is 5.32 Å². The van der Waals surface area contributed by atoms with Crippen molar-refractivity contribution in [1.82, 2.24) is 5.32 Å². The number of carboxylic acid groups (broad SMARTS) is 1. The second-order valence-electron chi connectivity index (χ2n) is 3.91. The Morgan fingerprint density at radius 1 is 1.31 bits per heavy atom. The van der Waals surface area contributed by atoms with E-state index >= 15 is 0 Å². The first-order valence-electron chi connectivity index (χ1n) is 5.78. The topological polar surface area (TPSA) is 49.3 Å². The highest BCUT2D eigenvalue weighted by molar-refractivity contribution is 5.65. The average Bonchev–Trinajstić information content (AvgIpc) is 2.29. The van der Waals surface area contributed by atoms with Gasteiger partial charge in [-0.1, -0.05) is 56.5 Å². The number of unbranched alkanes of at least 4 members (excludes halogenated alkanes) is 2. The van der Waals surface area contributed by atoms with E-state index < -0.39 is 6.09 Å². The lowest BCUT2D eigenvalue weighted by Crippen LogP contribution is -2.26. The van der Waals surface area contributed by atoms with Crippen LogP contribution in [0.3, 0.4) is 0 Å². The van der Waals surface area contributed by atoms with Gasteiger partial charge >= 0.3 is 6.09 Å². The largest absolute Gasteiger partial charge is 0.465 e. The van der Waals surface area contributed by atoms with E-state index in [0.29, 0.717) is 0 Å². The molecule has 3 heteroatoms. The first-order valence-corrected chi connectivity index (χ1v) is 5.78. The SMILES string of the molecule is CCCCCC(NC(=O)O)c1ccccc1. The van der Waals surface area contributed by atoms with Crippen molar-refractivity contribution in [2.45, 2.75) is 38.6 Å². The fourth-order valence-corrected chi connectivity index (χ4v) is 1.76. The number of benzene rings is 1. The molecule has 1 amide bonds. The number of nitrogens with one attached hydrogen (secondary N) is 1. The van der Waals surface area contributed by atoms with E-state index in [4.69, 9.17) is 5.11 Å². The van der Waals surface area contributed by atoms with E-state index in [1.165, 1.54) is 0 Å². The van der Waals surface area contributed by atoms with Gasteiger partial charge in [-0.05, 0) is 12.0 Å². The summed E-state index contributed by atoms with van der Waals surface area (Å²) in [6.45, 7) is 2.14. The molecular weight excluding hydrogens is 202 g/mol. The molecule has 0 radical (unpaired) electrons. The van der Waals surface area contributed by atoms with Gasteiger partial charge < -0.3 is 10.4 Å². The minimum Gasteiger partial charge on any atom is -0.465 e. The molecule has 0 spiro atoms. The number of hydrogen-bond donors (Lipinski definition) is 2. The maximum atomic E-state index is 10.7. The lowest BCUT2D eigenvalue weighted by Gasteiger charge is -2.17. The summed E-state index contributed by atoms with van der Waals surface area (Å²) >= 11 is 0. The molecule has 0 aliphatic carbocycles. The zero-order valence-electron chi connectivity index (χ0n) is 9.65. The molecule has 0 saturated heterocycles. The Morgan fingerprint density at radius 2 is 2.00 bits per heavy atom. The average molecular weight is 221 g/mol. The van der Waals surface area contributed by atoms with Gasteiger partial charge in [0.15, 0.2) is 0 Å². The second kappa shape index (κ2) is 6.88. The summed E-state index contributed by atoms with van der Waals surface area (Å²) in [7, 11) is 0. The van der Waals surface area contributed by atoms with E-state index in [1.807, 2.05) is 30.3 Å². The van der Waals surface area contributed by atoms with Crippen LogP contribution in [0.2, 0.25) is 0 Å². The first kappa shape index (κ1) is 12.6. The summed E-state index contributed by atoms with van der Waals surface area (Å²) < 4.78 is 0. The van der Waals surface area contributed by atoms with Crippen LogP contribution in [0, 0.1) is 0 Å². The Balaban J connectivity index is 2.60. The van der Waals surface area contributed by atoms with Gasteiger partial charge in [-0.15, -0.1) is 0 Å². The quantitative estimate of drug-likeness (QED) is 0.721.